The number of methoxy groups -OCH3 is 2. The third-order valence-electron chi connectivity index (χ3n) is 5.18. The summed E-state index contributed by atoms with van der Waals surface area (Å²) in [5.41, 5.74) is 1.07. The Morgan fingerprint density at radius 1 is 1.03 bits per heavy atom. The summed E-state index contributed by atoms with van der Waals surface area (Å²) in [6.07, 6.45) is 0.0151. The third kappa shape index (κ3) is 4.00. The largest absolute Gasteiger partial charge is 0.496 e. The molecule has 3 unspecified atom stereocenters. The van der Waals surface area contributed by atoms with Gasteiger partial charge in [0.25, 0.3) is 0 Å². The molecule has 1 amide bonds. The summed E-state index contributed by atoms with van der Waals surface area (Å²) in [6, 6.07) is 14.0. The van der Waals surface area contributed by atoms with Crippen molar-refractivity contribution in [3.05, 3.63) is 65.7 Å². The van der Waals surface area contributed by atoms with Crippen LogP contribution in [0.2, 0.25) is 0 Å². The lowest BCUT2D eigenvalue weighted by Gasteiger charge is -2.30. The number of para-hydroxylation sites is 1. The summed E-state index contributed by atoms with van der Waals surface area (Å²) >= 11 is 0. The van der Waals surface area contributed by atoms with Crippen molar-refractivity contribution in [1.82, 2.24) is 4.90 Å². The molecule has 0 spiro atoms. The van der Waals surface area contributed by atoms with Gasteiger partial charge in [-0.25, -0.2) is 4.79 Å². The van der Waals surface area contributed by atoms with E-state index >= 15 is 0 Å². The second-order valence-corrected chi connectivity index (χ2v) is 6.85. The number of ketones is 1. The highest BCUT2D eigenvalue weighted by molar-refractivity contribution is 6.02. The van der Waals surface area contributed by atoms with Crippen LogP contribution in [0.25, 0.3) is 0 Å². The normalized spacial score (nSPS) is 21.0. The topological polar surface area (TPSA) is 93.1 Å². The fourth-order valence-corrected chi connectivity index (χ4v) is 3.96. The second-order valence-electron chi connectivity index (χ2n) is 6.85. The summed E-state index contributed by atoms with van der Waals surface area (Å²) in [5, 5.41) is 9.77. The Morgan fingerprint density at radius 3 is 2.31 bits per heavy atom. The highest BCUT2D eigenvalue weighted by atomic mass is 16.5. The van der Waals surface area contributed by atoms with Crippen molar-refractivity contribution in [2.24, 2.45) is 5.92 Å². The molecule has 0 saturated carbocycles. The van der Waals surface area contributed by atoms with Gasteiger partial charge in [-0.2, -0.15) is 0 Å². The van der Waals surface area contributed by atoms with Crippen LogP contribution in [0.1, 0.15) is 28.4 Å². The number of carboxylic acid groups (broad SMARTS) is 1. The van der Waals surface area contributed by atoms with Crippen molar-refractivity contribution >= 4 is 17.7 Å². The second kappa shape index (κ2) is 8.87. The number of rotatable bonds is 7. The average molecular weight is 397 g/mol. The Labute approximate surface area is 168 Å². The molecule has 2 aromatic rings. The van der Waals surface area contributed by atoms with Crippen LogP contribution >= 0.6 is 0 Å². The zero-order valence-corrected chi connectivity index (χ0v) is 16.3. The number of hydrogen-bond donors (Lipinski definition) is 1. The van der Waals surface area contributed by atoms with Gasteiger partial charge in [0.1, 0.15) is 18.4 Å². The summed E-state index contributed by atoms with van der Waals surface area (Å²) in [6.45, 7) is -0.261. The van der Waals surface area contributed by atoms with Gasteiger partial charge in [0, 0.05) is 13.0 Å². The van der Waals surface area contributed by atoms with E-state index < -0.39 is 29.9 Å². The highest BCUT2D eigenvalue weighted by Gasteiger charge is 2.50. The molecule has 1 heterocycles. The van der Waals surface area contributed by atoms with Crippen LogP contribution in [-0.2, 0) is 14.3 Å². The van der Waals surface area contributed by atoms with Gasteiger partial charge >= 0.3 is 5.97 Å². The third-order valence-corrected chi connectivity index (χ3v) is 5.18. The first-order valence-electron chi connectivity index (χ1n) is 9.24. The number of benzene rings is 2. The molecule has 1 N–H and O–H groups in total. The molecule has 1 saturated heterocycles. The van der Waals surface area contributed by atoms with Crippen LogP contribution in [0, 0.1) is 5.92 Å². The van der Waals surface area contributed by atoms with E-state index in [0.717, 1.165) is 0 Å². The standard InChI is InChI=1S/C22H23NO6/c1-28-13-19(24)23-17(22(26)27)12-16(20(23)14-8-4-3-5-9-14)21(25)15-10-6-7-11-18(15)29-2/h3-11,16-17,20H,12-13H2,1-2H3,(H,26,27). The van der Waals surface area contributed by atoms with E-state index in [-0.39, 0.29) is 18.8 Å². The molecule has 3 atom stereocenters. The fraction of sp³-hybridized carbons (Fsp3) is 0.318. The van der Waals surface area contributed by atoms with Gasteiger partial charge in [0.05, 0.1) is 18.7 Å². The van der Waals surface area contributed by atoms with Gasteiger partial charge in [0.2, 0.25) is 5.91 Å². The molecule has 3 rings (SSSR count). The Kier molecular flexibility index (Phi) is 6.29. The van der Waals surface area contributed by atoms with Crippen LogP contribution in [0.5, 0.6) is 5.75 Å². The van der Waals surface area contributed by atoms with Crippen LogP contribution in [0.3, 0.4) is 0 Å². The van der Waals surface area contributed by atoms with Gasteiger partial charge in [-0.1, -0.05) is 42.5 Å². The number of amides is 1. The first-order chi connectivity index (χ1) is 14.0. The van der Waals surface area contributed by atoms with E-state index in [2.05, 4.69) is 0 Å². The van der Waals surface area contributed by atoms with Crippen molar-refractivity contribution in [3.8, 4) is 5.75 Å². The van der Waals surface area contributed by atoms with E-state index in [1.165, 1.54) is 19.1 Å². The van der Waals surface area contributed by atoms with Gasteiger partial charge in [-0.15, -0.1) is 0 Å². The molecule has 1 aliphatic rings. The number of Topliss-reactive ketones (excluding diaryl/α,β-unsaturated/α-hetero) is 1. The molecule has 1 aliphatic heterocycles. The van der Waals surface area contributed by atoms with Crippen LogP contribution in [-0.4, -0.2) is 54.5 Å². The summed E-state index contributed by atoms with van der Waals surface area (Å²) < 4.78 is 10.3. The Bertz CT molecular complexity index is 897. The molecule has 7 nitrogen and oxygen atoms in total. The zero-order chi connectivity index (χ0) is 21.0. The maximum Gasteiger partial charge on any atom is 0.326 e. The van der Waals surface area contributed by atoms with Crippen molar-refractivity contribution < 1.29 is 29.0 Å². The van der Waals surface area contributed by atoms with E-state index in [0.29, 0.717) is 16.9 Å². The minimum atomic E-state index is -1.15. The number of hydrogen-bond acceptors (Lipinski definition) is 5. The maximum atomic E-state index is 13.5. The molecule has 0 radical (unpaired) electrons. The maximum absolute atomic E-state index is 13.5. The van der Waals surface area contributed by atoms with Gasteiger partial charge in [-0.05, 0) is 24.1 Å². The van der Waals surface area contributed by atoms with E-state index in [1.807, 2.05) is 6.07 Å². The lowest BCUT2D eigenvalue weighted by Crippen LogP contribution is -2.43. The number of likely N-dealkylation sites (tertiary alicyclic amines) is 1. The van der Waals surface area contributed by atoms with Crippen molar-refractivity contribution in [1.29, 1.82) is 0 Å². The fourth-order valence-electron chi connectivity index (χ4n) is 3.96. The minimum absolute atomic E-state index is 0.0151. The van der Waals surface area contributed by atoms with Crippen LogP contribution in [0.15, 0.2) is 54.6 Å². The monoisotopic (exact) mass is 397 g/mol. The van der Waals surface area contributed by atoms with Crippen LogP contribution in [0.4, 0.5) is 0 Å². The van der Waals surface area contributed by atoms with Gasteiger partial charge < -0.3 is 19.5 Å². The SMILES string of the molecule is COCC(=O)N1C(C(=O)O)CC(C(=O)c2ccccc2OC)C1c1ccccc1. The highest BCUT2D eigenvalue weighted by Crippen LogP contribution is 2.43. The lowest BCUT2D eigenvalue weighted by molar-refractivity contribution is -0.151. The quantitative estimate of drug-likeness (QED) is 0.722. The molecular weight excluding hydrogens is 374 g/mol. The van der Waals surface area contributed by atoms with Gasteiger partial charge in [-0.3, -0.25) is 9.59 Å². The zero-order valence-electron chi connectivity index (χ0n) is 16.3. The van der Waals surface area contributed by atoms with Crippen molar-refractivity contribution in [2.45, 2.75) is 18.5 Å². The molecular formula is C22H23NO6. The Balaban J connectivity index is 2.10. The van der Waals surface area contributed by atoms with E-state index in [1.54, 1.807) is 48.5 Å². The summed E-state index contributed by atoms with van der Waals surface area (Å²) in [7, 11) is 2.85. The molecule has 7 heteroatoms. The summed E-state index contributed by atoms with van der Waals surface area (Å²) in [5.74, 6) is -2.18. The van der Waals surface area contributed by atoms with E-state index in [4.69, 9.17) is 9.47 Å². The average Bonchev–Trinajstić information content (AvgIpc) is 3.15. The van der Waals surface area contributed by atoms with Crippen molar-refractivity contribution in [2.75, 3.05) is 20.8 Å². The van der Waals surface area contributed by atoms with Gasteiger partial charge in [0.15, 0.2) is 5.78 Å². The van der Waals surface area contributed by atoms with Crippen LogP contribution < -0.4 is 4.74 Å². The summed E-state index contributed by atoms with van der Waals surface area (Å²) in [4.78, 5) is 39.5. The molecule has 152 valence electrons. The number of ether oxygens (including phenoxy) is 2. The molecule has 1 fully saturated rings. The number of carbonyl (C=O) groups is 3. The molecule has 29 heavy (non-hydrogen) atoms. The number of carboxylic acids is 1. The number of carbonyl (C=O) groups excluding carboxylic acids is 2. The first-order valence-corrected chi connectivity index (χ1v) is 9.24. The predicted molar refractivity (Wildman–Crippen MR) is 105 cm³/mol. The van der Waals surface area contributed by atoms with E-state index in [9.17, 15) is 19.5 Å². The number of nitrogens with zero attached hydrogens (tertiary/aromatic N) is 1. The molecule has 0 aliphatic carbocycles. The smallest absolute Gasteiger partial charge is 0.326 e. The predicted octanol–water partition coefficient (Wildman–Crippen LogP) is 2.57. The first kappa shape index (κ1) is 20.5. The molecule has 2 aromatic carbocycles. The number of aliphatic carboxylic acids is 1. The molecule has 0 bridgehead atoms. The molecule has 0 aromatic heterocycles. The Hall–Kier alpha value is -3.19. The Morgan fingerprint density at radius 2 is 1.69 bits per heavy atom. The minimum Gasteiger partial charge on any atom is -0.496 e. The van der Waals surface area contributed by atoms with Crippen molar-refractivity contribution in [3.63, 3.8) is 0 Å². The lowest BCUT2D eigenvalue weighted by atomic mass is 9.86.